The molecular weight excluding hydrogens is 416 g/mol. The van der Waals surface area contributed by atoms with E-state index >= 15 is 0 Å². The molecule has 0 saturated carbocycles. The van der Waals surface area contributed by atoms with Crippen LogP contribution in [0.1, 0.15) is 56.9 Å². The molecule has 176 valence electrons. The lowest BCUT2D eigenvalue weighted by molar-refractivity contribution is -0.137. The van der Waals surface area contributed by atoms with Crippen molar-refractivity contribution in [1.82, 2.24) is 9.78 Å². The fourth-order valence-corrected chi connectivity index (χ4v) is 3.86. The number of hydrogen-bond acceptors (Lipinski definition) is 4. The normalized spacial score (nSPS) is 12.6. The number of aliphatic carboxylic acids is 1. The molecule has 0 spiro atoms. The fourth-order valence-electron chi connectivity index (χ4n) is 3.86. The van der Waals surface area contributed by atoms with Gasteiger partial charge in [0.2, 0.25) is 0 Å². The Morgan fingerprint density at radius 3 is 2.55 bits per heavy atom. The van der Waals surface area contributed by atoms with Gasteiger partial charge >= 0.3 is 5.97 Å². The van der Waals surface area contributed by atoms with E-state index in [0.717, 1.165) is 40.0 Å². The number of hydrogen-bond donors (Lipinski definition) is 1. The highest BCUT2D eigenvalue weighted by atomic mass is 16.5. The SMILES string of the molecule is CC=C[C@H](CC(=O)O)c1ccc(OCc2ccc3c(COCC)nn(CC(C)C)c3c2)cc1. The summed E-state index contributed by atoms with van der Waals surface area (Å²) in [4.78, 5) is 11.1. The van der Waals surface area contributed by atoms with Crippen LogP contribution < -0.4 is 4.74 Å². The number of carboxylic acid groups (broad SMARTS) is 1. The molecule has 0 radical (unpaired) electrons. The monoisotopic (exact) mass is 450 g/mol. The van der Waals surface area contributed by atoms with Crippen molar-refractivity contribution in [2.24, 2.45) is 5.92 Å². The third-order valence-corrected chi connectivity index (χ3v) is 5.41. The molecule has 6 heteroatoms. The number of allylic oxidation sites excluding steroid dienone is 2. The number of aromatic nitrogens is 2. The molecule has 1 heterocycles. The average Bonchev–Trinajstić information content (AvgIpc) is 3.12. The second kappa shape index (κ2) is 11.7. The zero-order valence-corrected chi connectivity index (χ0v) is 20.0. The van der Waals surface area contributed by atoms with Crippen LogP contribution in [0.3, 0.4) is 0 Å². The third-order valence-electron chi connectivity index (χ3n) is 5.41. The van der Waals surface area contributed by atoms with Gasteiger partial charge in [-0.05, 0) is 49.1 Å². The second-order valence-electron chi connectivity index (χ2n) is 8.60. The quantitative estimate of drug-likeness (QED) is 0.346. The number of rotatable bonds is 12. The number of benzene rings is 2. The van der Waals surface area contributed by atoms with E-state index in [2.05, 4.69) is 36.7 Å². The molecule has 3 rings (SSSR count). The topological polar surface area (TPSA) is 73.6 Å². The first kappa shape index (κ1) is 24.5. The standard InChI is InChI=1S/C27H34N2O4/c1-5-7-22(15-27(30)31)21-9-11-23(12-10-21)33-17-20-8-13-24-25(18-32-6-2)28-29(16-19(3)4)26(24)14-20/h5,7-14,19,22H,6,15-18H2,1-4H3,(H,30,31)/t22-/m1/s1. The molecule has 0 unspecified atom stereocenters. The van der Waals surface area contributed by atoms with Crippen molar-refractivity contribution >= 4 is 16.9 Å². The van der Waals surface area contributed by atoms with Crippen LogP contribution in [0.25, 0.3) is 10.9 Å². The third kappa shape index (κ3) is 6.68. The summed E-state index contributed by atoms with van der Waals surface area (Å²) in [5, 5.41) is 15.1. The molecule has 6 nitrogen and oxygen atoms in total. The Bertz CT molecular complexity index is 1080. The first-order valence-electron chi connectivity index (χ1n) is 11.5. The van der Waals surface area contributed by atoms with Crippen LogP contribution in [0.2, 0.25) is 0 Å². The molecule has 1 aromatic heterocycles. The summed E-state index contributed by atoms with van der Waals surface area (Å²) in [5.74, 6) is 0.283. The predicted octanol–water partition coefficient (Wildman–Crippen LogP) is 5.94. The zero-order chi connectivity index (χ0) is 23.8. The van der Waals surface area contributed by atoms with Gasteiger partial charge in [0.1, 0.15) is 12.4 Å². The highest BCUT2D eigenvalue weighted by Crippen LogP contribution is 2.26. The summed E-state index contributed by atoms with van der Waals surface area (Å²) in [6, 6.07) is 14.0. The van der Waals surface area contributed by atoms with E-state index in [4.69, 9.17) is 19.7 Å². The van der Waals surface area contributed by atoms with Gasteiger partial charge in [0.05, 0.1) is 24.2 Å². The van der Waals surface area contributed by atoms with E-state index in [9.17, 15) is 4.79 Å². The number of carbonyl (C=O) groups is 1. The summed E-state index contributed by atoms with van der Waals surface area (Å²) in [6.07, 6.45) is 3.87. The maximum atomic E-state index is 11.1. The first-order chi connectivity index (χ1) is 15.9. The molecular formula is C27H34N2O4. The molecule has 0 bridgehead atoms. The summed E-state index contributed by atoms with van der Waals surface area (Å²) >= 11 is 0. The van der Waals surface area contributed by atoms with Crippen molar-refractivity contribution in [1.29, 1.82) is 0 Å². The van der Waals surface area contributed by atoms with Crippen molar-refractivity contribution in [2.75, 3.05) is 6.61 Å². The number of carboxylic acids is 1. The largest absolute Gasteiger partial charge is 0.489 e. The van der Waals surface area contributed by atoms with Crippen LogP contribution in [-0.2, 0) is 29.3 Å². The van der Waals surface area contributed by atoms with Gasteiger partial charge in [-0.15, -0.1) is 0 Å². The minimum atomic E-state index is -0.810. The number of ether oxygens (including phenoxy) is 2. The van der Waals surface area contributed by atoms with E-state index in [1.807, 2.05) is 50.3 Å². The molecule has 0 aliphatic carbocycles. The fraction of sp³-hybridized carbons (Fsp3) is 0.407. The lowest BCUT2D eigenvalue weighted by Gasteiger charge is -2.12. The Labute approximate surface area is 195 Å². The van der Waals surface area contributed by atoms with Crippen molar-refractivity contribution in [3.63, 3.8) is 0 Å². The molecule has 1 atom stereocenters. The summed E-state index contributed by atoms with van der Waals surface area (Å²) in [6.45, 7) is 10.7. The zero-order valence-electron chi connectivity index (χ0n) is 20.0. The molecule has 0 fully saturated rings. The number of nitrogens with zero attached hydrogens (tertiary/aromatic N) is 2. The second-order valence-corrected chi connectivity index (χ2v) is 8.60. The molecule has 0 aliphatic rings. The van der Waals surface area contributed by atoms with E-state index in [0.29, 0.717) is 25.7 Å². The van der Waals surface area contributed by atoms with Gasteiger partial charge < -0.3 is 14.6 Å². The highest BCUT2D eigenvalue weighted by molar-refractivity contribution is 5.82. The minimum Gasteiger partial charge on any atom is -0.489 e. The lowest BCUT2D eigenvalue weighted by atomic mass is 9.95. The molecule has 0 saturated heterocycles. The lowest BCUT2D eigenvalue weighted by Crippen LogP contribution is -2.07. The summed E-state index contributed by atoms with van der Waals surface area (Å²) in [5.41, 5.74) is 4.09. The van der Waals surface area contributed by atoms with Gasteiger partial charge in [-0.25, -0.2) is 0 Å². The van der Waals surface area contributed by atoms with E-state index in [-0.39, 0.29) is 12.3 Å². The van der Waals surface area contributed by atoms with Gasteiger partial charge in [-0.2, -0.15) is 5.10 Å². The van der Waals surface area contributed by atoms with Crippen LogP contribution in [0, 0.1) is 5.92 Å². The van der Waals surface area contributed by atoms with Crippen LogP contribution in [0.5, 0.6) is 5.75 Å². The van der Waals surface area contributed by atoms with Crippen molar-refractivity contribution in [3.05, 3.63) is 71.4 Å². The number of fused-ring (bicyclic) bond motifs is 1. The van der Waals surface area contributed by atoms with Crippen molar-refractivity contribution < 1.29 is 19.4 Å². The van der Waals surface area contributed by atoms with E-state index in [1.54, 1.807) is 0 Å². The maximum Gasteiger partial charge on any atom is 0.304 e. The molecule has 0 aliphatic heterocycles. The van der Waals surface area contributed by atoms with E-state index in [1.165, 1.54) is 0 Å². The van der Waals surface area contributed by atoms with Crippen molar-refractivity contribution in [2.45, 2.75) is 59.8 Å². The summed E-state index contributed by atoms with van der Waals surface area (Å²) < 4.78 is 13.7. The van der Waals surface area contributed by atoms with E-state index < -0.39 is 5.97 Å². The smallest absolute Gasteiger partial charge is 0.304 e. The molecule has 3 aromatic rings. The Morgan fingerprint density at radius 2 is 1.91 bits per heavy atom. The van der Waals surface area contributed by atoms with Gasteiger partial charge in [-0.1, -0.05) is 50.3 Å². The van der Waals surface area contributed by atoms with Crippen molar-refractivity contribution in [3.8, 4) is 5.75 Å². The van der Waals surface area contributed by atoms with Crippen LogP contribution in [0.15, 0.2) is 54.6 Å². The van der Waals surface area contributed by atoms with Crippen LogP contribution in [-0.4, -0.2) is 27.5 Å². The van der Waals surface area contributed by atoms with Gasteiger partial charge in [-0.3, -0.25) is 9.48 Å². The molecule has 1 N–H and O–H groups in total. The highest BCUT2D eigenvalue weighted by Gasteiger charge is 2.14. The van der Waals surface area contributed by atoms with Gasteiger partial charge in [0, 0.05) is 24.5 Å². The molecule has 0 amide bonds. The Balaban J connectivity index is 1.74. The Morgan fingerprint density at radius 1 is 1.15 bits per heavy atom. The average molecular weight is 451 g/mol. The Hall–Kier alpha value is -3.12. The first-order valence-corrected chi connectivity index (χ1v) is 11.5. The summed E-state index contributed by atoms with van der Waals surface area (Å²) in [7, 11) is 0. The van der Waals surface area contributed by atoms with Crippen LogP contribution >= 0.6 is 0 Å². The van der Waals surface area contributed by atoms with Gasteiger partial charge in [0.25, 0.3) is 0 Å². The van der Waals surface area contributed by atoms with Gasteiger partial charge in [0.15, 0.2) is 0 Å². The maximum absolute atomic E-state index is 11.1. The Kier molecular flexibility index (Phi) is 8.66. The van der Waals surface area contributed by atoms with Crippen LogP contribution in [0.4, 0.5) is 0 Å². The minimum absolute atomic E-state index is 0.0693. The predicted molar refractivity (Wildman–Crippen MR) is 130 cm³/mol. The molecule has 33 heavy (non-hydrogen) atoms. The molecule has 2 aromatic carbocycles.